The summed E-state index contributed by atoms with van der Waals surface area (Å²) in [5.41, 5.74) is 5.26. The van der Waals surface area contributed by atoms with Gasteiger partial charge in [-0.15, -0.1) is 0 Å². The van der Waals surface area contributed by atoms with Gasteiger partial charge in [0.1, 0.15) is 11.6 Å². The van der Waals surface area contributed by atoms with Crippen molar-refractivity contribution in [2.75, 3.05) is 19.6 Å². The molecule has 1 aliphatic carbocycles. The van der Waals surface area contributed by atoms with Crippen molar-refractivity contribution in [3.05, 3.63) is 0 Å². The fraction of sp³-hybridized carbons (Fsp3) is 0.750. The Morgan fingerprint density at radius 3 is 3.17 bits per heavy atom. The first-order valence-corrected chi connectivity index (χ1v) is 4.34. The number of carbonyl (C=O) groups excluding carboxylic acids is 1. The lowest BCUT2D eigenvalue weighted by atomic mass is 10.2. The van der Waals surface area contributed by atoms with Crippen molar-refractivity contribution >= 4 is 11.6 Å². The van der Waals surface area contributed by atoms with Crippen LogP contribution in [0.4, 0.5) is 0 Å². The first-order valence-electron chi connectivity index (χ1n) is 4.34. The van der Waals surface area contributed by atoms with Crippen molar-refractivity contribution in [2.24, 2.45) is 22.6 Å². The molecule has 1 saturated carbocycles. The summed E-state index contributed by atoms with van der Waals surface area (Å²) in [6.45, 7) is 1.96. The summed E-state index contributed by atoms with van der Waals surface area (Å²) < 4.78 is 0. The fourth-order valence-electron chi connectivity index (χ4n) is 1.67. The van der Waals surface area contributed by atoms with E-state index in [-0.39, 0.29) is 18.2 Å². The Kier molecular flexibility index (Phi) is 1.84. The number of Topliss-reactive ketones (excluding diaryl/α,β-unsaturated/α-hetero) is 1. The van der Waals surface area contributed by atoms with Crippen LogP contribution in [0.3, 0.4) is 0 Å². The number of nitrogens with one attached hydrogen (secondary N) is 1. The molecular formula is C8H13N3O. The van der Waals surface area contributed by atoms with Crippen LogP contribution in [0, 0.1) is 11.8 Å². The number of amidine groups is 1. The molecule has 2 atom stereocenters. The number of rotatable bonds is 3. The number of aliphatic imine (C=N–C) groups is 1. The van der Waals surface area contributed by atoms with Crippen LogP contribution in [0.5, 0.6) is 0 Å². The Balaban J connectivity index is 1.91. The number of hydrogen-bond acceptors (Lipinski definition) is 4. The van der Waals surface area contributed by atoms with E-state index in [0.29, 0.717) is 5.92 Å². The molecule has 0 bridgehead atoms. The van der Waals surface area contributed by atoms with E-state index in [9.17, 15) is 4.79 Å². The van der Waals surface area contributed by atoms with Crippen molar-refractivity contribution < 1.29 is 4.79 Å². The van der Waals surface area contributed by atoms with Crippen molar-refractivity contribution in [3.63, 3.8) is 0 Å². The molecule has 3 N–H and O–H groups in total. The summed E-state index contributed by atoms with van der Waals surface area (Å²) in [7, 11) is 0. The molecule has 0 saturated heterocycles. The Labute approximate surface area is 71.2 Å². The average molecular weight is 167 g/mol. The van der Waals surface area contributed by atoms with Gasteiger partial charge >= 0.3 is 0 Å². The summed E-state index contributed by atoms with van der Waals surface area (Å²) in [4.78, 5) is 15.4. The van der Waals surface area contributed by atoms with Gasteiger partial charge in [0.25, 0.3) is 0 Å². The average Bonchev–Trinajstić information content (AvgIpc) is 2.71. The third kappa shape index (κ3) is 1.22. The minimum Gasteiger partial charge on any atom is -0.372 e. The van der Waals surface area contributed by atoms with Crippen LogP contribution < -0.4 is 11.1 Å². The molecule has 0 aromatic heterocycles. The number of ketones is 1. The van der Waals surface area contributed by atoms with E-state index in [1.54, 1.807) is 0 Å². The van der Waals surface area contributed by atoms with Gasteiger partial charge in [0, 0.05) is 18.4 Å². The van der Waals surface area contributed by atoms with E-state index in [1.807, 2.05) is 0 Å². The maximum Gasteiger partial charge on any atom is 0.150 e. The highest BCUT2D eigenvalue weighted by molar-refractivity contribution is 5.97. The van der Waals surface area contributed by atoms with E-state index in [0.717, 1.165) is 25.3 Å². The minimum absolute atomic E-state index is 0.166. The lowest BCUT2D eigenvalue weighted by Crippen LogP contribution is -2.24. The van der Waals surface area contributed by atoms with Crippen molar-refractivity contribution in [1.29, 1.82) is 0 Å². The number of nitrogens with zero attached hydrogens (tertiary/aromatic N) is 1. The molecule has 1 heterocycles. The van der Waals surface area contributed by atoms with Crippen LogP contribution in [-0.2, 0) is 4.79 Å². The highest BCUT2D eigenvalue weighted by Crippen LogP contribution is 2.40. The minimum atomic E-state index is 0.166. The predicted molar refractivity (Wildman–Crippen MR) is 46.0 cm³/mol. The molecule has 2 unspecified atom stereocenters. The molecule has 0 aromatic rings. The van der Waals surface area contributed by atoms with Crippen molar-refractivity contribution in [3.8, 4) is 0 Å². The van der Waals surface area contributed by atoms with Crippen LogP contribution in [0.2, 0.25) is 0 Å². The lowest BCUT2D eigenvalue weighted by molar-refractivity contribution is -0.119. The second-order valence-corrected chi connectivity index (χ2v) is 3.31. The van der Waals surface area contributed by atoms with E-state index >= 15 is 0 Å². The van der Waals surface area contributed by atoms with E-state index in [2.05, 4.69) is 10.3 Å². The summed E-state index contributed by atoms with van der Waals surface area (Å²) in [5.74, 6) is 1.74. The quantitative estimate of drug-likeness (QED) is 0.575. The van der Waals surface area contributed by atoms with Crippen molar-refractivity contribution in [2.45, 2.75) is 6.42 Å². The third-order valence-electron chi connectivity index (χ3n) is 2.46. The van der Waals surface area contributed by atoms with E-state index in [4.69, 9.17) is 5.73 Å². The van der Waals surface area contributed by atoms with E-state index in [1.165, 1.54) is 0 Å². The van der Waals surface area contributed by atoms with Gasteiger partial charge in [-0.05, 0) is 6.42 Å². The second-order valence-electron chi connectivity index (χ2n) is 3.31. The first-order chi connectivity index (χ1) is 5.83. The molecule has 66 valence electrons. The van der Waals surface area contributed by atoms with Gasteiger partial charge < -0.3 is 11.1 Å². The van der Waals surface area contributed by atoms with Gasteiger partial charge in [-0.25, -0.2) is 0 Å². The molecule has 1 aliphatic heterocycles. The summed E-state index contributed by atoms with van der Waals surface area (Å²) >= 11 is 0. The predicted octanol–water partition coefficient (Wildman–Crippen LogP) is -0.848. The molecule has 0 spiro atoms. The normalized spacial score (nSPS) is 32.6. The summed E-state index contributed by atoms with van der Waals surface area (Å²) in [6.07, 6.45) is 0.946. The SMILES string of the molecule is NCC(=O)C1CC1C1=NCCN1. The zero-order chi connectivity index (χ0) is 8.55. The van der Waals surface area contributed by atoms with Gasteiger partial charge in [-0.1, -0.05) is 0 Å². The highest BCUT2D eigenvalue weighted by atomic mass is 16.1. The maximum absolute atomic E-state index is 11.1. The van der Waals surface area contributed by atoms with Gasteiger partial charge in [0.2, 0.25) is 0 Å². The molecule has 2 rings (SSSR count). The van der Waals surface area contributed by atoms with Crippen LogP contribution in [0.1, 0.15) is 6.42 Å². The Bertz CT molecular complexity index is 236. The van der Waals surface area contributed by atoms with Crippen LogP contribution in [0.25, 0.3) is 0 Å². The van der Waals surface area contributed by atoms with Crippen LogP contribution >= 0.6 is 0 Å². The molecule has 1 fully saturated rings. The summed E-state index contributed by atoms with van der Waals surface area (Å²) in [5, 5.41) is 3.18. The molecule has 4 heteroatoms. The fourth-order valence-corrected chi connectivity index (χ4v) is 1.67. The smallest absolute Gasteiger partial charge is 0.150 e. The zero-order valence-electron chi connectivity index (χ0n) is 6.92. The lowest BCUT2D eigenvalue weighted by Gasteiger charge is -1.98. The monoisotopic (exact) mass is 167 g/mol. The number of carbonyl (C=O) groups is 1. The molecule has 4 nitrogen and oxygen atoms in total. The van der Waals surface area contributed by atoms with Gasteiger partial charge in [-0.2, -0.15) is 0 Å². The molecule has 12 heavy (non-hydrogen) atoms. The largest absolute Gasteiger partial charge is 0.372 e. The molecular weight excluding hydrogens is 154 g/mol. The van der Waals surface area contributed by atoms with E-state index < -0.39 is 0 Å². The van der Waals surface area contributed by atoms with Crippen LogP contribution in [-0.4, -0.2) is 31.3 Å². The number of hydrogen-bond donors (Lipinski definition) is 2. The van der Waals surface area contributed by atoms with Crippen LogP contribution in [0.15, 0.2) is 4.99 Å². The molecule has 0 radical (unpaired) electrons. The zero-order valence-corrected chi connectivity index (χ0v) is 6.92. The molecule has 2 aliphatic rings. The summed E-state index contributed by atoms with van der Waals surface area (Å²) in [6, 6.07) is 0. The Morgan fingerprint density at radius 2 is 2.58 bits per heavy atom. The third-order valence-corrected chi connectivity index (χ3v) is 2.46. The Morgan fingerprint density at radius 1 is 1.75 bits per heavy atom. The highest BCUT2D eigenvalue weighted by Gasteiger charge is 2.45. The van der Waals surface area contributed by atoms with Crippen molar-refractivity contribution in [1.82, 2.24) is 5.32 Å². The molecule has 0 amide bonds. The van der Waals surface area contributed by atoms with Gasteiger partial charge in [0.05, 0.1) is 13.1 Å². The molecule has 0 aromatic carbocycles. The number of nitrogens with two attached hydrogens (primary N) is 1. The maximum atomic E-state index is 11.1. The second kappa shape index (κ2) is 2.86. The standard InChI is InChI=1S/C8H13N3O/c9-4-7(12)5-3-6(5)8-10-1-2-11-8/h5-6H,1-4,9H2,(H,10,11). The first kappa shape index (κ1) is 7.73. The Hall–Kier alpha value is -0.900. The topological polar surface area (TPSA) is 67.5 Å². The van der Waals surface area contributed by atoms with Gasteiger partial charge in [0.15, 0.2) is 0 Å². The van der Waals surface area contributed by atoms with Gasteiger partial charge in [-0.3, -0.25) is 9.79 Å².